The zero-order chi connectivity index (χ0) is 16.2. The highest BCUT2D eigenvalue weighted by Crippen LogP contribution is 2.39. The smallest absolute Gasteiger partial charge is 0.262 e. The molecule has 0 saturated carbocycles. The zero-order valence-corrected chi connectivity index (χ0v) is 15.0. The van der Waals surface area contributed by atoms with Gasteiger partial charge in [-0.1, -0.05) is 0 Å². The minimum atomic E-state index is 0.0154. The van der Waals surface area contributed by atoms with Gasteiger partial charge in [-0.2, -0.15) is 0 Å². The lowest BCUT2D eigenvalue weighted by molar-refractivity contribution is -0.124. The highest BCUT2D eigenvalue weighted by atomic mass is 79.9. The van der Waals surface area contributed by atoms with Crippen LogP contribution >= 0.6 is 15.9 Å². The number of hydrogen-bond acceptors (Lipinski definition) is 4. The Hall–Kier alpha value is -1.40. The normalized spacial score (nSPS) is 20.0. The van der Waals surface area contributed by atoms with Crippen LogP contribution in [0.1, 0.15) is 18.4 Å². The number of fused-ring (bicyclic) bond motifs is 1. The van der Waals surface area contributed by atoms with Gasteiger partial charge < -0.3 is 9.64 Å². The summed E-state index contributed by atoms with van der Waals surface area (Å²) in [5, 5.41) is 0.670. The highest BCUT2D eigenvalue weighted by molar-refractivity contribution is 9.10. The Morgan fingerprint density at radius 3 is 2.57 bits per heavy atom. The van der Waals surface area contributed by atoms with E-state index in [0.717, 1.165) is 60.6 Å². The predicted molar refractivity (Wildman–Crippen MR) is 94.1 cm³/mol. The molecule has 2 aliphatic heterocycles. The van der Waals surface area contributed by atoms with Crippen LogP contribution < -0.4 is 10.5 Å². The van der Waals surface area contributed by atoms with Gasteiger partial charge in [0, 0.05) is 30.0 Å². The summed E-state index contributed by atoms with van der Waals surface area (Å²) >= 11 is 3.56. The molecule has 1 aromatic carbocycles. The minimum absolute atomic E-state index is 0.0154. The molecule has 2 saturated heterocycles. The van der Waals surface area contributed by atoms with Crippen LogP contribution in [0.15, 0.2) is 21.4 Å². The Balaban J connectivity index is 1.76. The lowest BCUT2D eigenvalue weighted by atomic mass is 9.77. The van der Waals surface area contributed by atoms with Gasteiger partial charge >= 0.3 is 0 Å². The maximum Gasteiger partial charge on any atom is 0.262 e. The molecule has 4 rings (SSSR count). The van der Waals surface area contributed by atoms with Gasteiger partial charge in [-0.25, -0.2) is 4.98 Å². The number of ether oxygens (including phenoxy) is 1. The molecule has 23 heavy (non-hydrogen) atoms. The molecule has 0 amide bonds. The summed E-state index contributed by atoms with van der Waals surface area (Å²) < 4.78 is 7.95. The summed E-state index contributed by atoms with van der Waals surface area (Å²) in [4.78, 5) is 19.8. The summed E-state index contributed by atoms with van der Waals surface area (Å²) in [7, 11) is 1.82. The first-order valence-corrected chi connectivity index (χ1v) is 8.78. The third kappa shape index (κ3) is 2.39. The van der Waals surface area contributed by atoms with Crippen molar-refractivity contribution in [1.29, 1.82) is 0 Å². The van der Waals surface area contributed by atoms with E-state index < -0.39 is 0 Å². The van der Waals surface area contributed by atoms with E-state index in [9.17, 15) is 4.79 Å². The zero-order valence-electron chi connectivity index (χ0n) is 13.4. The Morgan fingerprint density at radius 1 is 1.26 bits per heavy atom. The number of aromatic nitrogens is 2. The van der Waals surface area contributed by atoms with Crippen LogP contribution in [0.3, 0.4) is 0 Å². The van der Waals surface area contributed by atoms with Crippen LogP contribution in [0.25, 0.3) is 10.9 Å². The third-order valence-corrected chi connectivity index (χ3v) is 5.78. The molecular formula is C17H20BrN3O2. The molecular weight excluding hydrogens is 358 g/mol. The average molecular weight is 378 g/mol. The van der Waals surface area contributed by atoms with Crippen molar-refractivity contribution >= 4 is 32.8 Å². The monoisotopic (exact) mass is 377 g/mol. The van der Waals surface area contributed by atoms with Crippen molar-refractivity contribution in [3.63, 3.8) is 0 Å². The Morgan fingerprint density at radius 2 is 1.96 bits per heavy atom. The molecule has 0 radical (unpaired) electrons. The standard InChI is InChI=1S/C17H20BrN3O2/c1-11-7-12-14(13(18)8-11)19-16(20(2)15(12)22)21-5-3-17(4-6-21)9-23-10-17/h7-8H,3-6,9-10H2,1-2H3. The fourth-order valence-corrected chi connectivity index (χ4v) is 4.26. The van der Waals surface area contributed by atoms with Gasteiger partial charge in [0.2, 0.25) is 5.95 Å². The molecule has 2 aliphatic rings. The van der Waals surface area contributed by atoms with Crippen molar-refractivity contribution in [3.05, 3.63) is 32.5 Å². The molecule has 5 nitrogen and oxygen atoms in total. The number of aryl methyl sites for hydroxylation is 1. The quantitative estimate of drug-likeness (QED) is 0.766. The van der Waals surface area contributed by atoms with E-state index in [1.54, 1.807) is 4.57 Å². The lowest BCUT2D eigenvalue weighted by Gasteiger charge is -2.47. The Bertz CT molecular complexity index is 832. The molecule has 2 fully saturated rings. The van der Waals surface area contributed by atoms with E-state index in [4.69, 9.17) is 9.72 Å². The molecule has 6 heteroatoms. The Kier molecular flexibility index (Phi) is 3.50. The van der Waals surface area contributed by atoms with Crippen LogP contribution in [-0.4, -0.2) is 35.9 Å². The second-order valence-electron chi connectivity index (χ2n) is 6.90. The van der Waals surface area contributed by atoms with E-state index in [-0.39, 0.29) is 5.56 Å². The number of anilines is 1. The highest BCUT2D eigenvalue weighted by Gasteiger charge is 2.41. The maximum atomic E-state index is 12.7. The predicted octanol–water partition coefficient (Wildman–Crippen LogP) is 2.62. The van der Waals surface area contributed by atoms with Crippen LogP contribution in [0.5, 0.6) is 0 Å². The van der Waals surface area contributed by atoms with Crippen LogP contribution in [0.2, 0.25) is 0 Å². The first-order valence-electron chi connectivity index (χ1n) is 7.99. The van der Waals surface area contributed by atoms with Crippen molar-refractivity contribution < 1.29 is 4.74 Å². The van der Waals surface area contributed by atoms with E-state index >= 15 is 0 Å². The number of hydrogen-bond donors (Lipinski definition) is 0. The van der Waals surface area contributed by atoms with Gasteiger partial charge in [0.05, 0.1) is 24.1 Å². The molecule has 0 bridgehead atoms. The van der Waals surface area contributed by atoms with Crippen molar-refractivity contribution in [1.82, 2.24) is 9.55 Å². The van der Waals surface area contributed by atoms with Crippen LogP contribution in [0.4, 0.5) is 5.95 Å². The molecule has 0 unspecified atom stereocenters. The molecule has 122 valence electrons. The van der Waals surface area contributed by atoms with E-state index in [1.807, 2.05) is 26.1 Å². The number of halogens is 1. The molecule has 1 aromatic heterocycles. The summed E-state index contributed by atoms with van der Waals surface area (Å²) in [6, 6.07) is 3.92. The number of piperidine rings is 1. The SMILES string of the molecule is Cc1cc(Br)c2nc(N3CCC4(CC3)COC4)n(C)c(=O)c2c1. The molecule has 0 atom stereocenters. The lowest BCUT2D eigenvalue weighted by Crippen LogP contribution is -2.51. The van der Waals surface area contributed by atoms with Crippen molar-refractivity contribution in [3.8, 4) is 0 Å². The molecule has 3 heterocycles. The molecule has 1 spiro atoms. The summed E-state index contributed by atoms with van der Waals surface area (Å²) in [5.41, 5.74) is 2.20. The first kappa shape index (κ1) is 15.1. The first-order chi connectivity index (χ1) is 11.0. The van der Waals surface area contributed by atoms with Crippen molar-refractivity contribution in [2.45, 2.75) is 19.8 Å². The molecule has 0 aliphatic carbocycles. The fraction of sp³-hybridized carbons (Fsp3) is 0.529. The summed E-state index contributed by atoms with van der Waals surface area (Å²) in [6.45, 7) is 5.62. The number of benzene rings is 1. The van der Waals surface area contributed by atoms with E-state index in [1.165, 1.54) is 0 Å². The Labute approximate surface area is 143 Å². The minimum Gasteiger partial charge on any atom is -0.380 e. The third-order valence-electron chi connectivity index (χ3n) is 5.18. The van der Waals surface area contributed by atoms with Crippen molar-refractivity contribution in [2.24, 2.45) is 12.5 Å². The molecule has 0 N–H and O–H groups in total. The van der Waals surface area contributed by atoms with Gasteiger partial charge in [0.1, 0.15) is 0 Å². The maximum absolute atomic E-state index is 12.7. The summed E-state index contributed by atoms with van der Waals surface area (Å²) in [5.74, 6) is 0.766. The number of nitrogens with zero attached hydrogens (tertiary/aromatic N) is 3. The fourth-order valence-electron chi connectivity index (χ4n) is 3.60. The second kappa shape index (κ2) is 5.31. The van der Waals surface area contributed by atoms with Gasteiger partial charge in [-0.15, -0.1) is 0 Å². The van der Waals surface area contributed by atoms with E-state index in [2.05, 4.69) is 20.8 Å². The summed E-state index contributed by atoms with van der Waals surface area (Å²) in [6.07, 6.45) is 2.21. The van der Waals surface area contributed by atoms with Gasteiger partial charge in [-0.05, 0) is 53.4 Å². The van der Waals surface area contributed by atoms with Gasteiger partial charge in [0.15, 0.2) is 0 Å². The average Bonchev–Trinajstić information content (AvgIpc) is 2.50. The topological polar surface area (TPSA) is 47.4 Å². The van der Waals surface area contributed by atoms with Gasteiger partial charge in [0.25, 0.3) is 5.56 Å². The van der Waals surface area contributed by atoms with Crippen LogP contribution in [-0.2, 0) is 11.8 Å². The van der Waals surface area contributed by atoms with E-state index in [0.29, 0.717) is 10.8 Å². The van der Waals surface area contributed by atoms with Gasteiger partial charge in [-0.3, -0.25) is 9.36 Å². The second-order valence-corrected chi connectivity index (χ2v) is 7.75. The number of rotatable bonds is 1. The molecule has 2 aromatic rings. The van der Waals surface area contributed by atoms with Crippen molar-refractivity contribution in [2.75, 3.05) is 31.2 Å². The largest absolute Gasteiger partial charge is 0.380 e. The van der Waals surface area contributed by atoms with Crippen LogP contribution in [0, 0.1) is 12.3 Å².